The lowest BCUT2D eigenvalue weighted by atomic mass is 10.1. The monoisotopic (exact) mass is 325 g/mol. The largest absolute Gasteiger partial charge is 0.385 e. The maximum Gasteiger partial charge on any atom is 0.226 e. The number of carbonyl (C=O) groups excluding carboxylic acids is 2. The van der Waals surface area contributed by atoms with Gasteiger partial charge >= 0.3 is 0 Å². The maximum atomic E-state index is 12.0. The van der Waals surface area contributed by atoms with Crippen LogP contribution in [-0.2, 0) is 9.59 Å². The van der Waals surface area contributed by atoms with Gasteiger partial charge in [0.15, 0.2) is 0 Å². The van der Waals surface area contributed by atoms with Gasteiger partial charge in [0.1, 0.15) is 0 Å². The number of aryl methyl sites for hydroxylation is 2. The van der Waals surface area contributed by atoms with E-state index >= 15 is 0 Å². The van der Waals surface area contributed by atoms with Gasteiger partial charge in [-0.05, 0) is 49.7 Å². The standard InChI is InChI=1S/C19H23N3O2/c1-13-4-9-18(14(2)12-13)22-19(24)10-11-20-16-5-7-17(8-6-16)21-15(3)23/h4-9,12,20H,10-11H2,1-3H3,(H,21,23)(H,22,24). The molecule has 0 saturated heterocycles. The second-order valence-electron chi connectivity index (χ2n) is 5.80. The van der Waals surface area contributed by atoms with Gasteiger partial charge in [0, 0.05) is 37.0 Å². The zero-order chi connectivity index (χ0) is 17.5. The summed E-state index contributed by atoms with van der Waals surface area (Å²) in [4.78, 5) is 23.0. The Bertz CT molecular complexity index is 724. The van der Waals surface area contributed by atoms with E-state index in [1.807, 2.05) is 56.3 Å². The summed E-state index contributed by atoms with van der Waals surface area (Å²) in [7, 11) is 0. The highest BCUT2D eigenvalue weighted by Gasteiger charge is 2.05. The fraction of sp³-hybridized carbons (Fsp3) is 0.263. The molecule has 0 heterocycles. The molecule has 2 aromatic rings. The van der Waals surface area contributed by atoms with Crippen LogP contribution in [0.1, 0.15) is 24.5 Å². The van der Waals surface area contributed by atoms with Crippen molar-refractivity contribution in [1.82, 2.24) is 0 Å². The molecular formula is C19H23N3O2. The van der Waals surface area contributed by atoms with Gasteiger partial charge in [-0.3, -0.25) is 9.59 Å². The molecule has 0 aliphatic rings. The first-order chi connectivity index (χ1) is 11.4. The van der Waals surface area contributed by atoms with E-state index < -0.39 is 0 Å². The lowest BCUT2D eigenvalue weighted by molar-refractivity contribution is -0.116. The first-order valence-electron chi connectivity index (χ1n) is 7.92. The number of hydrogen-bond acceptors (Lipinski definition) is 3. The molecule has 0 spiro atoms. The van der Waals surface area contributed by atoms with Crippen molar-refractivity contribution >= 4 is 28.9 Å². The van der Waals surface area contributed by atoms with Crippen LogP contribution in [0.3, 0.4) is 0 Å². The van der Waals surface area contributed by atoms with Crippen LogP contribution in [0.15, 0.2) is 42.5 Å². The van der Waals surface area contributed by atoms with Crippen LogP contribution in [0.2, 0.25) is 0 Å². The van der Waals surface area contributed by atoms with Crippen LogP contribution < -0.4 is 16.0 Å². The summed E-state index contributed by atoms with van der Waals surface area (Å²) < 4.78 is 0. The normalized spacial score (nSPS) is 10.1. The lowest BCUT2D eigenvalue weighted by Crippen LogP contribution is -2.16. The quantitative estimate of drug-likeness (QED) is 0.758. The Balaban J connectivity index is 1.79. The van der Waals surface area contributed by atoms with Gasteiger partial charge < -0.3 is 16.0 Å². The van der Waals surface area contributed by atoms with E-state index in [2.05, 4.69) is 16.0 Å². The highest BCUT2D eigenvalue weighted by molar-refractivity contribution is 5.92. The third-order valence-electron chi connectivity index (χ3n) is 3.54. The smallest absolute Gasteiger partial charge is 0.226 e. The summed E-state index contributed by atoms with van der Waals surface area (Å²) in [6, 6.07) is 13.3. The predicted octanol–water partition coefficient (Wildman–Crippen LogP) is 3.70. The fourth-order valence-electron chi connectivity index (χ4n) is 2.36. The van der Waals surface area contributed by atoms with E-state index in [4.69, 9.17) is 0 Å². The van der Waals surface area contributed by atoms with Gasteiger partial charge in [0.05, 0.1) is 0 Å². The Kier molecular flexibility index (Phi) is 5.95. The number of rotatable bonds is 6. The molecule has 2 amide bonds. The van der Waals surface area contributed by atoms with Crippen LogP contribution in [0, 0.1) is 13.8 Å². The van der Waals surface area contributed by atoms with E-state index in [1.165, 1.54) is 12.5 Å². The highest BCUT2D eigenvalue weighted by Crippen LogP contribution is 2.16. The molecule has 5 heteroatoms. The molecule has 0 saturated carbocycles. The van der Waals surface area contributed by atoms with Crippen molar-refractivity contribution in [3.05, 3.63) is 53.6 Å². The molecule has 0 radical (unpaired) electrons. The second kappa shape index (κ2) is 8.15. The van der Waals surface area contributed by atoms with Gasteiger partial charge in [-0.15, -0.1) is 0 Å². The van der Waals surface area contributed by atoms with Crippen LogP contribution in [0.4, 0.5) is 17.1 Å². The van der Waals surface area contributed by atoms with E-state index in [0.717, 1.165) is 22.6 Å². The number of anilines is 3. The molecule has 0 aliphatic carbocycles. The third-order valence-corrected chi connectivity index (χ3v) is 3.54. The summed E-state index contributed by atoms with van der Waals surface area (Å²) in [6.45, 7) is 6.02. The number of hydrogen-bond donors (Lipinski definition) is 3. The van der Waals surface area contributed by atoms with Crippen molar-refractivity contribution < 1.29 is 9.59 Å². The Morgan fingerprint density at radius 3 is 2.21 bits per heavy atom. The number of benzene rings is 2. The zero-order valence-electron chi connectivity index (χ0n) is 14.3. The molecule has 0 fully saturated rings. The number of nitrogens with one attached hydrogen (secondary N) is 3. The zero-order valence-corrected chi connectivity index (χ0v) is 14.3. The first kappa shape index (κ1) is 17.5. The van der Waals surface area contributed by atoms with Crippen molar-refractivity contribution in [2.45, 2.75) is 27.2 Å². The molecule has 24 heavy (non-hydrogen) atoms. The molecule has 0 aromatic heterocycles. The maximum absolute atomic E-state index is 12.0. The molecule has 2 aromatic carbocycles. The van der Waals surface area contributed by atoms with Crippen LogP contribution >= 0.6 is 0 Å². The minimum Gasteiger partial charge on any atom is -0.385 e. The van der Waals surface area contributed by atoms with Gasteiger partial charge in [-0.2, -0.15) is 0 Å². The molecule has 0 aliphatic heterocycles. The molecule has 0 unspecified atom stereocenters. The fourth-order valence-corrected chi connectivity index (χ4v) is 2.36. The minimum absolute atomic E-state index is 0.0238. The number of carbonyl (C=O) groups is 2. The molecular weight excluding hydrogens is 302 g/mol. The summed E-state index contributed by atoms with van der Waals surface area (Å²) in [5.41, 5.74) is 4.74. The van der Waals surface area contributed by atoms with Crippen molar-refractivity contribution in [3.8, 4) is 0 Å². The summed E-state index contributed by atoms with van der Waals surface area (Å²) in [5, 5.41) is 8.83. The van der Waals surface area contributed by atoms with Crippen molar-refractivity contribution in [2.24, 2.45) is 0 Å². The van der Waals surface area contributed by atoms with Gasteiger partial charge in [0.2, 0.25) is 11.8 Å². The average Bonchev–Trinajstić information content (AvgIpc) is 2.51. The molecule has 0 atom stereocenters. The van der Waals surface area contributed by atoms with Crippen molar-refractivity contribution in [3.63, 3.8) is 0 Å². The average molecular weight is 325 g/mol. The molecule has 3 N–H and O–H groups in total. The topological polar surface area (TPSA) is 70.2 Å². The van der Waals surface area contributed by atoms with E-state index in [0.29, 0.717) is 13.0 Å². The van der Waals surface area contributed by atoms with Gasteiger partial charge in [-0.1, -0.05) is 17.7 Å². The SMILES string of the molecule is CC(=O)Nc1ccc(NCCC(=O)Nc2ccc(C)cc2C)cc1. The van der Waals surface area contributed by atoms with E-state index in [9.17, 15) is 9.59 Å². The third kappa shape index (κ3) is 5.43. The van der Waals surface area contributed by atoms with Crippen molar-refractivity contribution in [2.75, 3.05) is 22.5 Å². The molecule has 5 nitrogen and oxygen atoms in total. The van der Waals surface area contributed by atoms with Crippen LogP contribution in [-0.4, -0.2) is 18.4 Å². The van der Waals surface area contributed by atoms with Crippen LogP contribution in [0.25, 0.3) is 0 Å². The van der Waals surface area contributed by atoms with E-state index in [1.54, 1.807) is 0 Å². The molecule has 2 rings (SSSR count). The van der Waals surface area contributed by atoms with Crippen molar-refractivity contribution in [1.29, 1.82) is 0 Å². The first-order valence-corrected chi connectivity index (χ1v) is 7.92. The predicted molar refractivity (Wildman–Crippen MR) is 98.4 cm³/mol. The van der Waals surface area contributed by atoms with Crippen LogP contribution in [0.5, 0.6) is 0 Å². The molecule has 126 valence electrons. The van der Waals surface area contributed by atoms with Gasteiger partial charge in [-0.25, -0.2) is 0 Å². The Labute approximate surface area is 142 Å². The summed E-state index contributed by atoms with van der Waals surface area (Å²) >= 11 is 0. The minimum atomic E-state index is -0.0984. The van der Waals surface area contributed by atoms with E-state index in [-0.39, 0.29) is 11.8 Å². The summed E-state index contributed by atoms with van der Waals surface area (Å²) in [6.07, 6.45) is 0.376. The summed E-state index contributed by atoms with van der Waals surface area (Å²) in [5.74, 6) is -0.122. The Hall–Kier alpha value is -2.82. The number of amides is 2. The molecule has 0 bridgehead atoms. The lowest BCUT2D eigenvalue weighted by Gasteiger charge is -2.10. The second-order valence-corrected chi connectivity index (χ2v) is 5.80. The van der Waals surface area contributed by atoms with Gasteiger partial charge in [0.25, 0.3) is 0 Å². The highest BCUT2D eigenvalue weighted by atomic mass is 16.2. The Morgan fingerprint density at radius 2 is 1.58 bits per heavy atom. The Morgan fingerprint density at radius 1 is 0.917 bits per heavy atom.